The first-order chi connectivity index (χ1) is 10.5. The summed E-state index contributed by atoms with van der Waals surface area (Å²) in [4.78, 5) is 6.50. The molecule has 0 amide bonds. The lowest BCUT2D eigenvalue weighted by molar-refractivity contribution is 0.254. The van der Waals surface area contributed by atoms with E-state index in [9.17, 15) is 8.42 Å². The lowest BCUT2D eigenvalue weighted by Gasteiger charge is -2.38. The molecule has 7 nitrogen and oxygen atoms in total. The molecular weight excluding hydrogens is 322 g/mol. The Bertz CT molecular complexity index is 610. The van der Waals surface area contributed by atoms with Crippen LogP contribution in [-0.2, 0) is 10.2 Å². The van der Waals surface area contributed by atoms with Crippen LogP contribution in [0.4, 0.5) is 5.13 Å². The molecule has 3 rings (SSSR count). The van der Waals surface area contributed by atoms with E-state index in [1.165, 1.54) is 11.5 Å². The van der Waals surface area contributed by atoms with Gasteiger partial charge in [0.05, 0.1) is 0 Å². The average Bonchev–Trinajstić information content (AvgIpc) is 2.94. The molecule has 0 aliphatic carbocycles. The van der Waals surface area contributed by atoms with Crippen molar-refractivity contribution in [2.24, 2.45) is 5.92 Å². The predicted molar refractivity (Wildman–Crippen MR) is 87.3 cm³/mol. The summed E-state index contributed by atoms with van der Waals surface area (Å²) in [5.74, 6) is 1.23. The van der Waals surface area contributed by atoms with Crippen LogP contribution in [0.5, 0.6) is 0 Å². The fraction of sp³-hybridized carbons (Fsp3) is 0.846. The van der Waals surface area contributed by atoms with Gasteiger partial charge in [-0.1, -0.05) is 6.92 Å². The summed E-state index contributed by atoms with van der Waals surface area (Å²) in [7, 11) is -3.31. The number of anilines is 1. The topological polar surface area (TPSA) is 69.6 Å². The van der Waals surface area contributed by atoms with Crippen molar-refractivity contribution in [2.45, 2.75) is 26.7 Å². The maximum absolute atomic E-state index is 12.7. The first-order valence-electron chi connectivity index (χ1n) is 7.77. The van der Waals surface area contributed by atoms with Crippen molar-refractivity contribution in [3.63, 3.8) is 0 Å². The minimum Gasteiger partial charge on any atom is -0.344 e. The minimum absolute atomic E-state index is 0.453. The van der Waals surface area contributed by atoms with Crippen LogP contribution < -0.4 is 4.90 Å². The molecule has 0 N–H and O–H groups in total. The largest absolute Gasteiger partial charge is 0.344 e. The zero-order valence-electron chi connectivity index (χ0n) is 13.1. The van der Waals surface area contributed by atoms with E-state index >= 15 is 0 Å². The zero-order valence-corrected chi connectivity index (χ0v) is 14.7. The quantitative estimate of drug-likeness (QED) is 0.816. The first kappa shape index (κ1) is 16.1. The molecular formula is C13H23N5O2S2. The van der Waals surface area contributed by atoms with Gasteiger partial charge in [-0.15, -0.1) is 0 Å². The SMILES string of the molecule is Cc1nsc(N2CCN(S(=O)(=O)N3CCC[C@H](C)C3)CC2)n1. The minimum atomic E-state index is -3.31. The van der Waals surface area contributed by atoms with Gasteiger partial charge in [0.15, 0.2) is 0 Å². The van der Waals surface area contributed by atoms with Crippen LogP contribution >= 0.6 is 11.5 Å². The fourth-order valence-corrected chi connectivity index (χ4v) is 5.52. The van der Waals surface area contributed by atoms with Crippen molar-refractivity contribution in [1.29, 1.82) is 0 Å². The molecule has 0 saturated carbocycles. The third-order valence-corrected chi connectivity index (χ3v) is 7.17. The molecule has 22 heavy (non-hydrogen) atoms. The smallest absolute Gasteiger partial charge is 0.282 e. The summed E-state index contributed by atoms with van der Waals surface area (Å²) in [6, 6.07) is 0. The third-order valence-electron chi connectivity index (χ3n) is 4.30. The summed E-state index contributed by atoms with van der Waals surface area (Å²) in [5, 5.41) is 0.890. The van der Waals surface area contributed by atoms with Crippen molar-refractivity contribution in [2.75, 3.05) is 44.2 Å². The van der Waals surface area contributed by atoms with Crippen LogP contribution in [-0.4, -0.2) is 65.7 Å². The Labute approximate surface area is 136 Å². The normalized spacial score (nSPS) is 25.5. The van der Waals surface area contributed by atoms with Gasteiger partial charge < -0.3 is 4.90 Å². The highest BCUT2D eigenvalue weighted by molar-refractivity contribution is 7.86. The molecule has 1 aromatic rings. The van der Waals surface area contributed by atoms with Crippen LogP contribution in [0.1, 0.15) is 25.6 Å². The highest BCUT2D eigenvalue weighted by Gasteiger charge is 2.34. The number of rotatable bonds is 3. The molecule has 3 heterocycles. The molecule has 0 aromatic carbocycles. The molecule has 2 aliphatic rings. The predicted octanol–water partition coefficient (Wildman–Crippen LogP) is 0.945. The number of hydrogen-bond acceptors (Lipinski definition) is 6. The van der Waals surface area contributed by atoms with Gasteiger partial charge in [-0.05, 0) is 25.7 Å². The second-order valence-corrected chi connectivity index (χ2v) is 8.78. The standard InChI is InChI=1S/C13H23N5O2S2/c1-11-4-3-5-18(10-11)22(19,20)17-8-6-16(7-9-17)13-14-12(2)15-21-13/h11H,3-10H2,1-2H3/t11-/m0/s1. The monoisotopic (exact) mass is 345 g/mol. The highest BCUT2D eigenvalue weighted by Crippen LogP contribution is 2.23. The Hall–Kier alpha value is -0.770. The van der Waals surface area contributed by atoms with Crippen molar-refractivity contribution < 1.29 is 8.42 Å². The van der Waals surface area contributed by atoms with Crippen molar-refractivity contribution >= 4 is 26.9 Å². The van der Waals surface area contributed by atoms with E-state index in [4.69, 9.17) is 0 Å². The van der Waals surface area contributed by atoms with Gasteiger partial charge in [-0.3, -0.25) is 0 Å². The molecule has 2 saturated heterocycles. The highest BCUT2D eigenvalue weighted by atomic mass is 32.2. The van der Waals surface area contributed by atoms with Crippen molar-refractivity contribution in [3.05, 3.63) is 5.82 Å². The van der Waals surface area contributed by atoms with E-state index < -0.39 is 10.2 Å². The summed E-state index contributed by atoms with van der Waals surface area (Å²) in [6.45, 7) is 7.70. The Morgan fingerprint density at radius 1 is 1.14 bits per heavy atom. The van der Waals surface area contributed by atoms with E-state index in [2.05, 4.69) is 21.2 Å². The number of aryl methyl sites for hydroxylation is 1. The summed E-state index contributed by atoms with van der Waals surface area (Å²) in [5.41, 5.74) is 0. The van der Waals surface area contributed by atoms with Gasteiger partial charge in [0.25, 0.3) is 10.2 Å². The van der Waals surface area contributed by atoms with Crippen LogP contribution in [0, 0.1) is 12.8 Å². The number of hydrogen-bond donors (Lipinski definition) is 0. The molecule has 0 bridgehead atoms. The zero-order chi connectivity index (χ0) is 15.7. The number of aromatic nitrogens is 2. The molecule has 2 aliphatic heterocycles. The van der Waals surface area contributed by atoms with E-state index in [0.29, 0.717) is 45.2 Å². The van der Waals surface area contributed by atoms with Gasteiger partial charge >= 0.3 is 0 Å². The Morgan fingerprint density at radius 3 is 2.45 bits per heavy atom. The summed E-state index contributed by atoms with van der Waals surface area (Å²) >= 11 is 1.38. The van der Waals surface area contributed by atoms with Crippen LogP contribution in [0.15, 0.2) is 0 Å². The van der Waals surface area contributed by atoms with E-state index in [0.717, 1.165) is 23.8 Å². The number of nitrogens with zero attached hydrogens (tertiary/aromatic N) is 5. The first-order valence-corrected chi connectivity index (χ1v) is 9.94. The Kier molecular flexibility index (Phi) is 4.67. The molecule has 0 spiro atoms. The maximum atomic E-state index is 12.7. The second kappa shape index (κ2) is 6.38. The van der Waals surface area contributed by atoms with Crippen molar-refractivity contribution in [1.82, 2.24) is 18.0 Å². The van der Waals surface area contributed by atoms with Crippen LogP contribution in [0.3, 0.4) is 0 Å². The second-order valence-electron chi connectivity index (χ2n) is 6.12. The lowest BCUT2D eigenvalue weighted by atomic mass is 10.0. The molecule has 1 atom stereocenters. The molecule has 0 unspecified atom stereocenters. The van der Waals surface area contributed by atoms with Crippen LogP contribution in [0.2, 0.25) is 0 Å². The number of piperazine rings is 1. The van der Waals surface area contributed by atoms with Gasteiger partial charge in [0.2, 0.25) is 5.13 Å². The van der Waals surface area contributed by atoms with E-state index in [-0.39, 0.29) is 0 Å². The lowest BCUT2D eigenvalue weighted by Crippen LogP contribution is -2.54. The van der Waals surface area contributed by atoms with Crippen LogP contribution in [0.25, 0.3) is 0 Å². The molecule has 0 radical (unpaired) electrons. The van der Waals surface area contributed by atoms with E-state index in [1.807, 2.05) is 6.92 Å². The Morgan fingerprint density at radius 2 is 1.86 bits per heavy atom. The molecule has 9 heteroatoms. The van der Waals surface area contributed by atoms with Gasteiger partial charge in [-0.25, -0.2) is 4.98 Å². The maximum Gasteiger partial charge on any atom is 0.282 e. The molecule has 124 valence electrons. The molecule has 2 fully saturated rings. The van der Waals surface area contributed by atoms with E-state index in [1.54, 1.807) is 8.61 Å². The number of piperidine rings is 1. The fourth-order valence-electron chi connectivity index (χ4n) is 3.04. The van der Waals surface area contributed by atoms with Crippen molar-refractivity contribution in [3.8, 4) is 0 Å². The van der Waals surface area contributed by atoms with Gasteiger partial charge in [0.1, 0.15) is 5.82 Å². The Balaban J connectivity index is 1.62. The van der Waals surface area contributed by atoms with Gasteiger partial charge in [0, 0.05) is 50.8 Å². The van der Waals surface area contributed by atoms with Gasteiger partial charge in [-0.2, -0.15) is 21.4 Å². The third kappa shape index (κ3) is 3.27. The molecule has 1 aromatic heterocycles. The summed E-state index contributed by atoms with van der Waals surface area (Å²) in [6.07, 6.45) is 2.08. The average molecular weight is 345 g/mol. The summed E-state index contributed by atoms with van der Waals surface area (Å²) < 4.78 is 33.0.